The molecule has 0 amide bonds. The molecule has 25 heavy (non-hydrogen) atoms. The Morgan fingerprint density at radius 3 is 2.12 bits per heavy atom. The molecule has 0 bridgehead atoms. The van der Waals surface area contributed by atoms with E-state index in [9.17, 15) is 30.0 Å². The number of hydrogen-bond acceptors (Lipinski definition) is 6. The van der Waals surface area contributed by atoms with Gasteiger partial charge in [0.1, 0.15) is 11.9 Å². The molecular weight excluding hydrogens is 328 g/mol. The molecule has 0 aromatic heterocycles. The third-order valence-corrected chi connectivity index (χ3v) is 4.93. The van der Waals surface area contributed by atoms with Crippen LogP contribution in [0, 0.1) is 23.2 Å². The summed E-state index contributed by atoms with van der Waals surface area (Å²) in [4.78, 5) is 24.1. The maximum Gasteiger partial charge on any atom is 0.306 e. The van der Waals surface area contributed by atoms with E-state index in [0.717, 1.165) is 0 Å². The fourth-order valence-corrected chi connectivity index (χ4v) is 3.35. The highest BCUT2D eigenvalue weighted by molar-refractivity contribution is 5.86. The Bertz CT molecular complexity index is 471. The molecule has 0 aromatic rings. The molecule has 7 unspecified atom stereocenters. The molecule has 1 fully saturated rings. The molecule has 1 aliphatic heterocycles. The van der Waals surface area contributed by atoms with Gasteiger partial charge in [-0.05, 0) is 18.3 Å². The van der Waals surface area contributed by atoms with Crippen LogP contribution in [0.25, 0.3) is 0 Å². The SMILES string of the molecule is CCC1OC(O)C(CC(=O)C(CC(C)(C)C)C(C)C(=O)O)C(O)C1O. The van der Waals surface area contributed by atoms with Gasteiger partial charge in [0.25, 0.3) is 0 Å². The Labute approximate surface area is 149 Å². The minimum Gasteiger partial charge on any atom is -0.481 e. The summed E-state index contributed by atoms with van der Waals surface area (Å²) in [7, 11) is 0. The van der Waals surface area contributed by atoms with Gasteiger partial charge in [-0.25, -0.2) is 0 Å². The van der Waals surface area contributed by atoms with E-state index in [2.05, 4.69) is 0 Å². The standard InChI is InChI=1S/C18H32O7/c1-6-13-15(21)14(20)10(17(24)25-13)7-12(19)11(8-18(3,4)5)9(2)16(22)23/h9-11,13-15,17,20-21,24H,6-8H2,1-5H3,(H,22,23). The molecule has 7 nitrogen and oxygen atoms in total. The second-order valence-electron chi connectivity index (χ2n) is 8.29. The van der Waals surface area contributed by atoms with Crippen molar-refractivity contribution in [1.29, 1.82) is 0 Å². The van der Waals surface area contributed by atoms with Crippen molar-refractivity contribution in [2.45, 2.75) is 78.5 Å². The smallest absolute Gasteiger partial charge is 0.306 e. The van der Waals surface area contributed by atoms with E-state index in [1.54, 1.807) is 6.92 Å². The molecule has 0 radical (unpaired) electrons. The van der Waals surface area contributed by atoms with E-state index < -0.39 is 48.3 Å². The Balaban J connectivity index is 2.93. The topological polar surface area (TPSA) is 124 Å². The second kappa shape index (κ2) is 8.58. The van der Waals surface area contributed by atoms with Gasteiger partial charge in [-0.3, -0.25) is 9.59 Å². The summed E-state index contributed by atoms with van der Waals surface area (Å²) < 4.78 is 5.30. The Morgan fingerprint density at radius 1 is 1.12 bits per heavy atom. The summed E-state index contributed by atoms with van der Waals surface area (Å²) in [5.41, 5.74) is -0.253. The number of aliphatic carboxylic acids is 1. The summed E-state index contributed by atoms with van der Waals surface area (Å²) >= 11 is 0. The largest absolute Gasteiger partial charge is 0.481 e. The van der Waals surface area contributed by atoms with Gasteiger partial charge >= 0.3 is 5.97 Å². The highest BCUT2D eigenvalue weighted by Crippen LogP contribution is 2.34. The lowest BCUT2D eigenvalue weighted by Gasteiger charge is -2.41. The zero-order valence-electron chi connectivity index (χ0n) is 15.7. The van der Waals surface area contributed by atoms with Gasteiger partial charge in [-0.1, -0.05) is 34.6 Å². The zero-order valence-corrected chi connectivity index (χ0v) is 15.7. The fraction of sp³-hybridized carbons (Fsp3) is 0.889. The minimum absolute atomic E-state index is 0.242. The zero-order chi connectivity index (χ0) is 19.5. The van der Waals surface area contributed by atoms with E-state index in [4.69, 9.17) is 4.74 Å². The maximum atomic E-state index is 12.8. The number of aliphatic hydroxyl groups excluding tert-OH is 3. The van der Waals surface area contributed by atoms with E-state index in [0.29, 0.717) is 12.8 Å². The first-order valence-corrected chi connectivity index (χ1v) is 8.84. The van der Waals surface area contributed by atoms with Crippen LogP contribution in [0.5, 0.6) is 0 Å². The third-order valence-electron chi connectivity index (χ3n) is 4.93. The van der Waals surface area contributed by atoms with Crippen LogP contribution in [-0.2, 0) is 14.3 Å². The van der Waals surface area contributed by atoms with Crippen molar-refractivity contribution >= 4 is 11.8 Å². The average molecular weight is 360 g/mol. The molecule has 0 spiro atoms. The van der Waals surface area contributed by atoms with Crippen molar-refractivity contribution in [3.8, 4) is 0 Å². The molecule has 1 heterocycles. The van der Waals surface area contributed by atoms with Gasteiger partial charge in [-0.2, -0.15) is 0 Å². The second-order valence-corrected chi connectivity index (χ2v) is 8.29. The lowest BCUT2D eigenvalue weighted by molar-refractivity contribution is -0.264. The molecule has 1 saturated heterocycles. The Morgan fingerprint density at radius 2 is 1.68 bits per heavy atom. The number of hydrogen-bond donors (Lipinski definition) is 4. The third kappa shape index (κ3) is 5.74. The molecule has 7 atom stereocenters. The van der Waals surface area contributed by atoms with Crippen LogP contribution in [0.2, 0.25) is 0 Å². The van der Waals surface area contributed by atoms with Crippen molar-refractivity contribution in [2.75, 3.05) is 0 Å². The number of rotatable bonds is 7. The lowest BCUT2D eigenvalue weighted by Crippen LogP contribution is -2.55. The highest BCUT2D eigenvalue weighted by Gasteiger charge is 2.45. The van der Waals surface area contributed by atoms with Crippen LogP contribution < -0.4 is 0 Å². The predicted octanol–water partition coefficient (Wildman–Crippen LogP) is 1.18. The van der Waals surface area contributed by atoms with Crippen molar-refractivity contribution < 1.29 is 34.8 Å². The van der Waals surface area contributed by atoms with Crippen molar-refractivity contribution in [3.05, 3.63) is 0 Å². The van der Waals surface area contributed by atoms with E-state index in [-0.39, 0.29) is 17.6 Å². The molecule has 0 saturated carbocycles. The Kier molecular flexibility index (Phi) is 7.55. The number of carbonyl (C=O) groups excluding carboxylic acids is 1. The van der Waals surface area contributed by atoms with Gasteiger partial charge in [0.15, 0.2) is 6.29 Å². The molecule has 1 aliphatic rings. The van der Waals surface area contributed by atoms with Crippen molar-refractivity contribution in [2.24, 2.45) is 23.2 Å². The summed E-state index contributed by atoms with van der Waals surface area (Å²) in [5, 5.41) is 39.7. The molecule has 146 valence electrons. The first-order valence-electron chi connectivity index (χ1n) is 8.84. The van der Waals surface area contributed by atoms with Gasteiger partial charge in [-0.15, -0.1) is 0 Å². The van der Waals surface area contributed by atoms with Crippen LogP contribution >= 0.6 is 0 Å². The quantitative estimate of drug-likeness (QED) is 0.537. The number of ether oxygens (including phenoxy) is 1. The fourth-order valence-electron chi connectivity index (χ4n) is 3.35. The van der Waals surface area contributed by atoms with Crippen LogP contribution in [0.15, 0.2) is 0 Å². The molecule has 0 aliphatic carbocycles. The number of carbonyl (C=O) groups is 2. The first kappa shape index (κ1) is 22.0. The summed E-state index contributed by atoms with van der Waals surface area (Å²) in [6.45, 7) is 9.01. The van der Waals surface area contributed by atoms with Crippen LogP contribution in [-0.4, -0.2) is 56.8 Å². The summed E-state index contributed by atoms with van der Waals surface area (Å²) in [6.07, 6.45) is -4.01. The normalized spacial score (nSPS) is 32.9. The van der Waals surface area contributed by atoms with Gasteiger partial charge < -0.3 is 25.2 Å². The van der Waals surface area contributed by atoms with E-state index in [1.807, 2.05) is 20.8 Å². The van der Waals surface area contributed by atoms with Gasteiger partial charge in [0.2, 0.25) is 0 Å². The van der Waals surface area contributed by atoms with Crippen molar-refractivity contribution in [1.82, 2.24) is 0 Å². The average Bonchev–Trinajstić information content (AvgIpc) is 2.50. The Hall–Kier alpha value is -1.02. The monoisotopic (exact) mass is 360 g/mol. The number of carboxylic acids is 1. The van der Waals surface area contributed by atoms with Crippen LogP contribution in [0.1, 0.15) is 53.9 Å². The van der Waals surface area contributed by atoms with Gasteiger partial charge in [0.05, 0.1) is 18.1 Å². The number of ketones is 1. The van der Waals surface area contributed by atoms with E-state index in [1.165, 1.54) is 6.92 Å². The molecule has 1 rings (SSSR count). The lowest BCUT2D eigenvalue weighted by atomic mass is 9.74. The van der Waals surface area contributed by atoms with Crippen LogP contribution in [0.4, 0.5) is 0 Å². The van der Waals surface area contributed by atoms with Crippen molar-refractivity contribution in [3.63, 3.8) is 0 Å². The predicted molar refractivity (Wildman–Crippen MR) is 90.7 cm³/mol. The van der Waals surface area contributed by atoms with Gasteiger partial charge in [0, 0.05) is 18.3 Å². The number of aliphatic hydroxyl groups is 3. The highest BCUT2D eigenvalue weighted by atomic mass is 16.6. The molecular formula is C18H32O7. The minimum atomic E-state index is -1.37. The molecule has 0 aromatic carbocycles. The molecule has 7 heteroatoms. The maximum absolute atomic E-state index is 12.8. The first-order chi connectivity index (χ1) is 11.4. The summed E-state index contributed by atoms with van der Waals surface area (Å²) in [6, 6.07) is 0. The number of Topliss-reactive ketones (excluding diaryl/α,β-unsaturated/α-hetero) is 1. The van der Waals surface area contributed by atoms with Crippen LogP contribution in [0.3, 0.4) is 0 Å². The number of carboxylic acid groups (broad SMARTS) is 1. The van der Waals surface area contributed by atoms with E-state index >= 15 is 0 Å². The summed E-state index contributed by atoms with van der Waals surface area (Å²) in [5.74, 6) is -4.00. The molecule has 4 N–H and O–H groups in total.